The molecule has 0 heterocycles. The van der Waals surface area contributed by atoms with Crippen molar-refractivity contribution in [2.45, 2.75) is 57.8 Å². The predicted octanol–water partition coefficient (Wildman–Crippen LogP) is 17.0. The first kappa shape index (κ1) is 39.6. The van der Waals surface area contributed by atoms with E-state index in [-0.39, 0.29) is 16.2 Å². The predicted molar refractivity (Wildman–Crippen MR) is 274 cm³/mol. The zero-order valence-electron chi connectivity index (χ0n) is 37.7. The number of allylic oxidation sites excluding steroid dienone is 3. The summed E-state index contributed by atoms with van der Waals surface area (Å²) in [5.41, 5.74) is 24.1. The molecule has 0 radical (unpaired) electrons. The van der Waals surface area contributed by atoms with Gasteiger partial charge in [-0.15, -0.1) is 0 Å². The van der Waals surface area contributed by atoms with Crippen molar-refractivity contribution in [2.24, 2.45) is 0 Å². The summed E-state index contributed by atoms with van der Waals surface area (Å²) in [6, 6.07) is 71.9. The van der Waals surface area contributed by atoms with Gasteiger partial charge in [0.25, 0.3) is 0 Å². The second kappa shape index (κ2) is 15.0. The lowest BCUT2D eigenvalue weighted by atomic mass is 9.78. The van der Waals surface area contributed by atoms with Crippen LogP contribution >= 0.6 is 0 Å². The molecule has 1 nitrogen and oxygen atoms in total. The van der Waals surface area contributed by atoms with Gasteiger partial charge in [0.15, 0.2) is 0 Å². The van der Waals surface area contributed by atoms with Gasteiger partial charge in [0.2, 0.25) is 0 Å². The van der Waals surface area contributed by atoms with Crippen molar-refractivity contribution in [3.63, 3.8) is 0 Å². The van der Waals surface area contributed by atoms with Gasteiger partial charge >= 0.3 is 0 Å². The highest BCUT2D eigenvalue weighted by Crippen LogP contribution is 2.49. The van der Waals surface area contributed by atoms with Gasteiger partial charge in [-0.1, -0.05) is 199 Å². The number of benzene rings is 8. The maximum atomic E-state index is 2.38. The second-order valence-electron chi connectivity index (χ2n) is 19.4. The number of anilines is 3. The van der Waals surface area contributed by atoms with Gasteiger partial charge in [-0.05, 0) is 144 Å². The molecule has 0 N–H and O–H groups in total. The number of fused-ring (bicyclic) bond motifs is 3. The Bertz CT molecular complexity index is 3010. The molecule has 0 bridgehead atoms. The van der Waals surface area contributed by atoms with E-state index in [9.17, 15) is 0 Å². The molecule has 3 aliphatic carbocycles. The minimum Gasteiger partial charge on any atom is -0.311 e. The maximum absolute atomic E-state index is 2.38. The molecule has 8 aromatic carbocycles. The quantitative estimate of drug-likeness (QED) is 0.148. The zero-order valence-corrected chi connectivity index (χ0v) is 37.7. The topological polar surface area (TPSA) is 3.24 Å². The van der Waals surface area contributed by atoms with Crippen LogP contribution < -0.4 is 4.90 Å². The molecule has 0 saturated carbocycles. The highest BCUT2D eigenvalue weighted by atomic mass is 15.1. The first-order valence-corrected chi connectivity index (χ1v) is 22.7. The Balaban J connectivity index is 0.897. The third-order valence-corrected chi connectivity index (χ3v) is 14.6. The Labute approximate surface area is 379 Å². The fourth-order valence-electron chi connectivity index (χ4n) is 10.9. The van der Waals surface area contributed by atoms with Crippen LogP contribution in [0, 0.1) is 0 Å². The number of nitrogens with zero attached hydrogens (tertiary/aromatic N) is 1. The van der Waals surface area contributed by atoms with Crippen LogP contribution in [0.2, 0.25) is 0 Å². The van der Waals surface area contributed by atoms with Crippen molar-refractivity contribution < 1.29 is 0 Å². The fraction of sp³-hybridized carbons (Fsp3) is 0.143. The lowest BCUT2D eigenvalue weighted by molar-refractivity contribution is 0.704. The Hall–Kier alpha value is -7.22. The summed E-state index contributed by atoms with van der Waals surface area (Å²) < 4.78 is 0. The van der Waals surface area contributed by atoms with E-state index in [0.29, 0.717) is 0 Å². The molecule has 0 fully saturated rings. The van der Waals surface area contributed by atoms with Crippen LogP contribution in [0.3, 0.4) is 0 Å². The molecule has 0 amide bonds. The summed E-state index contributed by atoms with van der Waals surface area (Å²) in [5.74, 6) is 0. The van der Waals surface area contributed by atoms with E-state index in [0.717, 1.165) is 17.1 Å². The van der Waals surface area contributed by atoms with Crippen molar-refractivity contribution in [1.82, 2.24) is 0 Å². The van der Waals surface area contributed by atoms with Gasteiger partial charge in [-0.25, -0.2) is 0 Å². The Kier molecular flexibility index (Phi) is 9.26. The summed E-state index contributed by atoms with van der Waals surface area (Å²) in [4.78, 5) is 2.38. The molecule has 0 atom stereocenters. The Morgan fingerprint density at radius 2 is 0.469 bits per heavy atom. The molecule has 0 unspecified atom stereocenters. The molecule has 0 saturated heterocycles. The Morgan fingerprint density at radius 1 is 0.250 bits per heavy atom. The van der Waals surface area contributed by atoms with Gasteiger partial charge in [0, 0.05) is 33.3 Å². The van der Waals surface area contributed by atoms with E-state index in [1.54, 1.807) is 0 Å². The van der Waals surface area contributed by atoms with Crippen molar-refractivity contribution in [1.29, 1.82) is 0 Å². The molecule has 3 aliphatic rings. The standard InChI is InChI=1S/C63H53N/c1-61(2)55-16-10-7-13-49(55)39-58(61)46-23-19-42(20-24-46)44-27-33-52(34-28-44)64(54-37-31-48(32-38-54)60-41-51-15-9-12-18-57(51)63(60,5)6)53-35-29-45(30-36-53)43-21-25-47(26-22-43)59-40-50-14-8-11-17-56(50)62(59,3)4/h7-41H,1-6H3. The van der Waals surface area contributed by atoms with Crippen LogP contribution in [-0.2, 0) is 16.2 Å². The van der Waals surface area contributed by atoms with E-state index < -0.39 is 0 Å². The largest absolute Gasteiger partial charge is 0.311 e. The summed E-state index contributed by atoms with van der Waals surface area (Å²) >= 11 is 0. The summed E-state index contributed by atoms with van der Waals surface area (Å²) in [7, 11) is 0. The first-order chi connectivity index (χ1) is 31.0. The smallest absolute Gasteiger partial charge is 0.0462 e. The molecule has 1 heteroatoms. The normalized spacial score (nSPS) is 16.0. The molecule has 310 valence electrons. The van der Waals surface area contributed by atoms with E-state index >= 15 is 0 Å². The maximum Gasteiger partial charge on any atom is 0.0462 e. The summed E-state index contributed by atoms with van der Waals surface area (Å²) in [6.07, 6.45) is 7.10. The van der Waals surface area contributed by atoms with Crippen molar-refractivity contribution in [2.75, 3.05) is 4.90 Å². The summed E-state index contributed by atoms with van der Waals surface area (Å²) in [5, 5.41) is 0. The van der Waals surface area contributed by atoms with Crippen LogP contribution in [0.4, 0.5) is 17.1 Å². The van der Waals surface area contributed by atoms with Gasteiger partial charge in [0.1, 0.15) is 0 Å². The minimum absolute atomic E-state index is 0.0300. The van der Waals surface area contributed by atoms with Crippen LogP contribution in [0.1, 0.15) is 91.6 Å². The number of hydrogen-bond acceptors (Lipinski definition) is 1. The summed E-state index contributed by atoms with van der Waals surface area (Å²) in [6.45, 7) is 14.0. The number of hydrogen-bond donors (Lipinski definition) is 0. The average Bonchev–Trinajstić information content (AvgIpc) is 3.88. The molecular weight excluding hydrogens is 771 g/mol. The average molecular weight is 824 g/mol. The fourth-order valence-corrected chi connectivity index (χ4v) is 10.9. The van der Waals surface area contributed by atoms with E-state index in [1.165, 1.54) is 89.0 Å². The Morgan fingerprint density at radius 3 is 0.734 bits per heavy atom. The third-order valence-electron chi connectivity index (χ3n) is 14.6. The molecule has 64 heavy (non-hydrogen) atoms. The van der Waals surface area contributed by atoms with Gasteiger partial charge < -0.3 is 4.90 Å². The van der Waals surface area contributed by atoms with Gasteiger partial charge in [-0.3, -0.25) is 0 Å². The van der Waals surface area contributed by atoms with Crippen LogP contribution in [0.5, 0.6) is 0 Å². The molecule has 8 aromatic rings. The van der Waals surface area contributed by atoms with E-state index in [1.807, 2.05) is 0 Å². The minimum atomic E-state index is -0.0651. The second-order valence-corrected chi connectivity index (χ2v) is 19.4. The third kappa shape index (κ3) is 6.53. The molecule has 0 aliphatic heterocycles. The van der Waals surface area contributed by atoms with E-state index in [4.69, 9.17) is 0 Å². The van der Waals surface area contributed by atoms with Crippen molar-refractivity contribution in [3.8, 4) is 22.3 Å². The molecule has 0 aromatic heterocycles. The first-order valence-electron chi connectivity index (χ1n) is 22.7. The molecular formula is C63H53N. The monoisotopic (exact) mass is 823 g/mol. The zero-order chi connectivity index (χ0) is 43.8. The number of rotatable bonds is 8. The lowest BCUT2D eigenvalue weighted by Crippen LogP contribution is -2.16. The van der Waals surface area contributed by atoms with Crippen molar-refractivity contribution >= 4 is 52.0 Å². The van der Waals surface area contributed by atoms with Gasteiger partial charge in [-0.2, -0.15) is 0 Å². The van der Waals surface area contributed by atoms with Crippen LogP contribution in [0.25, 0.3) is 57.2 Å². The van der Waals surface area contributed by atoms with Crippen molar-refractivity contribution in [3.05, 3.63) is 244 Å². The van der Waals surface area contributed by atoms with Crippen LogP contribution in [-0.4, -0.2) is 0 Å². The lowest BCUT2D eigenvalue weighted by Gasteiger charge is -2.28. The molecule has 11 rings (SSSR count). The van der Waals surface area contributed by atoms with Crippen LogP contribution in [0.15, 0.2) is 194 Å². The van der Waals surface area contributed by atoms with E-state index in [2.05, 4.69) is 259 Å². The molecule has 0 spiro atoms. The highest BCUT2D eigenvalue weighted by molar-refractivity contribution is 5.96. The van der Waals surface area contributed by atoms with Gasteiger partial charge in [0.05, 0.1) is 0 Å². The SMILES string of the molecule is CC1(C)C(c2ccc(-c3ccc(N(c4ccc(C5=Cc6ccccc6C5(C)C)cc4)c4ccc(-c5ccc(C6=Cc7ccccc7C6(C)C)cc5)cc4)cc3)cc2)=Cc2ccccc21. The highest BCUT2D eigenvalue weighted by Gasteiger charge is 2.35.